The molecule has 3 N–H and O–H groups in total. The summed E-state index contributed by atoms with van der Waals surface area (Å²) in [7, 11) is 2.05. The van der Waals surface area contributed by atoms with Crippen molar-refractivity contribution in [3.05, 3.63) is 0 Å². The molecule has 0 unspecified atom stereocenters. The quantitative estimate of drug-likeness (QED) is 0.537. The molecule has 0 heterocycles. The number of hydrogen-bond donors (Lipinski definition) is 3. The topological polar surface area (TPSA) is 81.7 Å². The second kappa shape index (κ2) is 9.70. The second-order valence-corrected chi connectivity index (χ2v) is 4.61. The van der Waals surface area contributed by atoms with Gasteiger partial charge in [0.15, 0.2) is 0 Å². The van der Waals surface area contributed by atoms with Crippen LogP contribution in [0.3, 0.4) is 0 Å². The molecule has 2 amide bonds. The van der Waals surface area contributed by atoms with Crippen LogP contribution in [0, 0.1) is 0 Å². The van der Waals surface area contributed by atoms with E-state index in [2.05, 4.69) is 36.4 Å². The number of hydrogen-bond acceptors (Lipinski definition) is 3. The maximum absolute atomic E-state index is 11.3. The van der Waals surface area contributed by atoms with Crippen LogP contribution < -0.4 is 10.6 Å². The molecule has 0 aliphatic carbocycles. The highest BCUT2D eigenvalue weighted by molar-refractivity contribution is 5.73. The minimum absolute atomic E-state index is 0.0828. The van der Waals surface area contributed by atoms with Crippen molar-refractivity contribution in [3.8, 4) is 0 Å². The summed E-state index contributed by atoms with van der Waals surface area (Å²) >= 11 is 0. The van der Waals surface area contributed by atoms with E-state index in [4.69, 9.17) is 5.11 Å². The molecule has 18 heavy (non-hydrogen) atoms. The Labute approximate surface area is 109 Å². The van der Waals surface area contributed by atoms with Crippen molar-refractivity contribution in [2.24, 2.45) is 0 Å². The second-order valence-electron chi connectivity index (χ2n) is 4.61. The van der Waals surface area contributed by atoms with Gasteiger partial charge < -0.3 is 20.6 Å². The van der Waals surface area contributed by atoms with Crippen LogP contribution in [0.4, 0.5) is 4.79 Å². The maximum atomic E-state index is 11.3. The van der Waals surface area contributed by atoms with Crippen molar-refractivity contribution < 1.29 is 14.7 Å². The van der Waals surface area contributed by atoms with Crippen molar-refractivity contribution in [3.63, 3.8) is 0 Å². The molecule has 0 saturated heterocycles. The number of aliphatic carboxylic acids is 1. The van der Waals surface area contributed by atoms with Crippen LogP contribution in [-0.4, -0.2) is 54.7 Å². The molecule has 0 aromatic rings. The first-order valence-electron chi connectivity index (χ1n) is 6.37. The third-order valence-corrected chi connectivity index (χ3v) is 2.71. The molecule has 0 aromatic heterocycles. The van der Waals surface area contributed by atoms with Gasteiger partial charge in [-0.3, -0.25) is 4.79 Å². The van der Waals surface area contributed by atoms with Crippen molar-refractivity contribution in [2.75, 3.05) is 26.7 Å². The molecule has 0 spiro atoms. The highest BCUT2D eigenvalue weighted by Gasteiger charge is 2.03. The van der Waals surface area contributed by atoms with Crippen molar-refractivity contribution >= 4 is 12.0 Å². The highest BCUT2D eigenvalue weighted by atomic mass is 16.4. The lowest BCUT2D eigenvalue weighted by Crippen LogP contribution is -2.38. The SMILES string of the molecule is CC(C)N(C)CCCNC(=O)NCCCC(=O)O. The molecule has 0 aliphatic rings. The predicted octanol–water partition coefficient (Wildman–Crippen LogP) is 0.881. The molecule has 0 aromatic carbocycles. The van der Waals surface area contributed by atoms with Gasteiger partial charge in [-0.2, -0.15) is 0 Å². The number of nitrogens with zero attached hydrogens (tertiary/aromatic N) is 1. The lowest BCUT2D eigenvalue weighted by Gasteiger charge is -2.20. The van der Waals surface area contributed by atoms with E-state index in [1.165, 1.54) is 0 Å². The Balaban J connectivity index is 3.40. The first-order chi connectivity index (χ1) is 8.43. The zero-order chi connectivity index (χ0) is 14.0. The minimum Gasteiger partial charge on any atom is -0.481 e. The Hall–Kier alpha value is -1.30. The molecule has 106 valence electrons. The van der Waals surface area contributed by atoms with Gasteiger partial charge in [0.2, 0.25) is 0 Å². The number of carbonyl (C=O) groups excluding carboxylic acids is 1. The van der Waals surface area contributed by atoms with Crippen LogP contribution in [0.25, 0.3) is 0 Å². The third kappa shape index (κ3) is 9.89. The van der Waals surface area contributed by atoms with Crippen molar-refractivity contribution in [1.29, 1.82) is 0 Å². The third-order valence-electron chi connectivity index (χ3n) is 2.71. The number of rotatable bonds is 9. The van der Waals surface area contributed by atoms with Crippen LogP contribution in [0.1, 0.15) is 33.1 Å². The molecule has 0 rings (SSSR count). The number of nitrogens with one attached hydrogen (secondary N) is 2. The average molecular weight is 259 g/mol. The lowest BCUT2D eigenvalue weighted by molar-refractivity contribution is -0.137. The summed E-state index contributed by atoms with van der Waals surface area (Å²) in [5.74, 6) is -0.839. The first kappa shape index (κ1) is 16.7. The number of carboxylic acids is 1. The van der Waals surface area contributed by atoms with E-state index in [-0.39, 0.29) is 12.5 Å². The minimum atomic E-state index is -0.839. The molecule has 0 aliphatic heterocycles. The molecule has 6 nitrogen and oxygen atoms in total. The van der Waals surface area contributed by atoms with E-state index in [0.717, 1.165) is 13.0 Å². The lowest BCUT2D eigenvalue weighted by atomic mass is 10.3. The van der Waals surface area contributed by atoms with Crippen molar-refractivity contribution in [2.45, 2.75) is 39.2 Å². The normalized spacial score (nSPS) is 10.7. The average Bonchev–Trinajstić information content (AvgIpc) is 2.29. The monoisotopic (exact) mass is 259 g/mol. The summed E-state index contributed by atoms with van der Waals surface area (Å²) in [5, 5.41) is 13.8. The van der Waals surface area contributed by atoms with Gasteiger partial charge in [0.05, 0.1) is 0 Å². The van der Waals surface area contributed by atoms with E-state index in [0.29, 0.717) is 25.6 Å². The smallest absolute Gasteiger partial charge is 0.314 e. The first-order valence-corrected chi connectivity index (χ1v) is 6.37. The summed E-state index contributed by atoms with van der Waals surface area (Å²) in [5.41, 5.74) is 0. The number of amides is 2. The van der Waals surface area contributed by atoms with E-state index in [1.54, 1.807) is 0 Å². The van der Waals surface area contributed by atoms with Gasteiger partial charge in [-0.25, -0.2) is 4.79 Å². The fourth-order valence-electron chi connectivity index (χ4n) is 1.29. The van der Waals surface area contributed by atoms with Crippen LogP contribution >= 0.6 is 0 Å². The van der Waals surface area contributed by atoms with Crippen LogP contribution in [0.5, 0.6) is 0 Å². The molecular weight excluding hydrogens is 234 g/mol. The molecule has 0 bridgehead atoms. The zero-order valence-corrected chi connectivity index (χ0v) is 11.5. The highest BCUT2D eigenvalue weighted by Crippen LogP contribution is 1.94. The van der Waals surface area contributed by atoms with E-state index in [1.807, 2.05) is 0 Å². The Morgan fingerprint density at radius 1 is 1.17 bits per heavy atom. The number of carbonyl (C=O) groups is 2. The van der Waals surface area contributed by atoms with Gasteiger partial charge >= 0.3 is 12.0 Å². The fraction of sp³-hybridized carbons (Fsp3) is 0.833. The Kier molecular flexibility index (Phi) is 9.00. The molecule has 0 radical (unpaired) electrons. The van der Waals surface area contributed by atoms with Gasteiger partial charge in [-0.1, -0.05) is 0 Å². The van der Waals surface area contributed by atoms with Gasteiger partial charge in [0, 0.05) is 25.6 Å². The van der Waals surface area contributed by atoms with Gasteiger partial charge in [-0.15, -0.1) is 0 Å². The van der Waals surface area contributed by atoms with Crippen molar-refractivity contribution in [1.82, 2.24) is 15.5 Å². The van der Waals surface area contributed by atoms with Crippen LogP contribution in [-0.2, 0) is 4.79 Å². The molecule has 0 fully saturated rings. The van der Waals surface area contributed by atoms with Gasteiger partial charge in [0.25, 0.3) is 0 Å². The fourth-order valence-corrected chi connectivity index (χ4v) is 1.29. The number of carboxylic acid groups (broad SMARTS) is 1. The van der Waals surface area contributed by atoms with E-state index < -0.39 is 5.97 Å². The summed E-state index contributed by atoms with van der Waals surface area (Å²) in [4.78, 5) is 23.7. The summed E-state index contributed by atoms with van der Waals surface area (Å²) in [6.07, 6.45) is 1.44. The molecular formula is C12H25N3O3. The summed E-state index contributed by atoms with van der Waals surface area (Å²) in [6, 6.07) is 0.280. The van der Waals surface area contributed by atoms with E-state index in [9.17, 15) is 9.59 Å². The predicted molar refractivity (Wildman–Crippen MR) is 70.7 cm³/mol. The van der Waals surface area contributed by atoms with Crippen LogP contribution in [0.15, 0.2) is 0 Å². The Bertz CT molecular complexity index is 257. The van der Waals surface area contributed by atoms with Crippen LogP contribution in [0.2, 0.25) is 0 Å². The standard InChI is InChI=1S/C12H25N3O3/c1-10(2)15(3)9-5-8-14-12(18)13-7-4-6-11(16)17/h10H,4-9H2,1-3H3,(H,16,17)(H2,13,14,18). The summed E-state index contributed by atoms with van der Waals surface area (Å²) < 4.78 is 0. The maximum Gasteiger partial charge on any atom is 0.314 e. The van der Waals surface area contributed by atoms with E-state index >= 15 is 0 Å². The largest absolute Gasteiger partial charge is 0.481 e. The van der Waals surface area contributed by atoms with Gasteiger partial charge in [0.1, 0.15) is 0 Å². The molecule has 0 saturated carbocycles. The Morgan fingerprint density at radius 2 is 1.72 bits per heavy atom. The number of urea groups is 1. The molecule has 0 atom stereocenters. The molecule has 6 heteroatoms. The Morgan fingerprint density at radius 3 is 2.22 bits per heavy atom. The van der Waals surface area contributed by atoms with Gasteiger partial charge in [-0.05, 0) is 40.3 Å². The zero-order valence-electron chi connectivity index (χ0n) is 11.5. The summed E-state index contributed by atoms with van der Waals surface area (Å²) in [6.45, 7) is 6.22.